The van der Waals surface area contributed by atoms with Gasteiger partial charge in [0, 0.05) is 0 Å². The molecular formula is C34H47NO3S. The number of nitrogens with zero attached hydrogens (tertiary/aromatic N) is 1. The molecule has 0 unspecified atom stereocenters. The van der Waals surface area contributed by atoms with Crippen LogP contribution in [0.2, 0.25) is 0 Å². The predicted molar refractivity (Wildman–Crippen MR) is 167 cm³/mol. The van der Waals surface area contributed by atoms with Gasteiger partial charge in [0.1, 0.15) is 6.10 Å². The van der Waals surface area contributed by atoms with E-state index in [-0.39, 0.29) is 17.2 Å². The molecule has 2 rings (SSSR count). The van der Waals surface area contributed by atoms with E-state index in [4.69, 9.17) is 4.74 Å². The zero-order valence-corrected chi connectivity index (χ0v) is 24.9. The summed E-state index contributed by atoms with van der Waals surface area (Å²) in [6, 6.07) is 9.34. The van der Waals surface area contributed by atoms with Crippen molar-refractivity contribution in [2.75, 3.05) is 5.75 Å². The van der Waals surface area contributed by atoms with E-state index in [0.717, 1.165) is 62.7 Å². The van der Waals surface area contributed by atoms with Crippen LogP contribution in [-0.4, -0.2) is 33.9 Å². The molecule has 1 aliphatic heterocycles. The first-order valence-electron chi connectivity index (χ1n) is 14.5. The summed E-state index contributed by atoms with van der Waals surface area (Å²) < 4.78 is 5.57. The fraction of sp³-hybridized carbons (Fsp3) is 0.471. The van der Waals surface area contributed by atoms with E-state index in [9.17, 15) is 9.59 Å². The molecule has 1 saturated heterocycles. The molecule has 0 bridgehead atoms. The molecule has 1 aromatic rings. The van der Waals surface area contributed by atoms with Crippen LogP contribution in [0.3, 0.4) is 0 Å². The number of hydrogen-bond acceptors (Lipinski definition) is 4. The molecule has 0 aliphatic carbocycles. The molecule has 0 aromatic heterocycles. The summed E-state index contributed by atoms with van der Waals surface area (Å²) in [5, 5.41) is -0.219. The van der Waals surface area contributed by atoms with E-state index in [0.29, 0.717) is 6.42 Å². The van der Waals surface area contributed by atoms with Crippen LogP contribution >= 0.6 is 11.8 Å². The summed E-state index contributed by atoms with van der Waals surface area (Å²) in [4.78, 5) is 27.0. The van der Waals surface area contributed by atoms with E-state index < -0.39 is 12.2 Å². The number of carbonyl (C=O) groups excluding carboxylic acids is 2. The number of cyclic esters (lactones) is 1. The molecule has 212 valence electrons. The highest BCUT2D eigenvalue weighted by atomic mass is 32.2. The Hall–Kier alpha value is -2.79. The van der Waals surface area contributed by atoms with Gasteiger partial charge in [-0.25, -0.2) is 9.69 Å². The van der Waals surface area contributed by atoms with Crippen molar-refractivity contribution in [1.29, 1.82) is 0 Å². The van der Waals surface area contributed by atoms with Gasteiger partial charge in [-0.15, -0.1) is 11.8 Å². The van der Waals surface area contributed by atoms with Crippen molar-refractivity contribution in [2.24, 2.45) is 0 Å². The lowest BCUT2D eigenvalue weighted by atomic mass is 10.0. The third kappa shape index (κ3) is 12.3. The third-order valence-corrected chi connectivity index (χ3v) is 7.99. The summed E-state index contributed by atoms with van der Waals surface area (Å²) in [5.41, 5.74) is 0.921. The molecule has 3 atom stereocenters. The first-order valence-corrected chi connectivity index (χ1v) is 15.6. The lowest BCUT2D eigenvalue weighted by Gasteiger charge is -2.23. The highest BCUT2D eigenvalue weighted by Gasteiger charge is 2.44. The molecular weight excluding hydrogens is 502 g/mol. The molecule has 39 heavy (non-hydrogen) atoms. The Kier molecular flexibility index (Phi) is 16.8. The molecule has 0 N–H and O–H groups in total. The second-order valence-corrected chi connectivity index (χ2v) is 10.9. The fourth-order valence-corrected chi connectivity index (χ4v) is 5.47. The summed E-state index contributed by atoms with van der Waals surface area (Å²) in [6.45, 7) is 6.05. The third-order valence-electron chi connectivity index (χ3n) is 6.52. The molecule has 1 aliphatic rings. The van der Waals surface area contributed by atoms with Gasteiger partial charge in [0.2, 0.25) is 5.91 Å². The van der Waals surface area contributed by atoms with Gasteiger partial charge in [-0.1, -0.05) is 105 Å². The minimum atomic E-state index is -0.529. The number of unbranched alkanes of at least 4 members (excludes halogenated alkanes) is 2. The monoisotopic (exact) mass is 549 g/mol. The van der Waals surface area contributed by atoms with E-state index in [2.05, 4.69) is 67.7 Å². The van der Waals surface area contributed by atoms with Crippen LogP contribution in [0.15, 0.2) is 91.1 Å². The SMILES string of the molecule is CC/C=C\C/C=C\C/C=C\C/C=C\C/C=C\CCCCS[C@@H](CC)C(=O)N1C(=O)O[C@@H](c2ccccc2)[C@H]1C. The van der Waals surface area contributed by atoms with Gasteiger partial charge >= 0.3 is 6.09 Å². The predicted octanol–water partition coefficient (Wildman–Crippen LogP) is 9.53. The van der Waals surface area contributed by atoms with Crippen LogP contribution in [-0.2, 0) is 9.53 Å². The topological polar surface area (TPSA) is 46.6 Å². The van der Waals surface area contributed by atoms with Crippen LogP contribution in [0.1, 0.15) is 90.2 Å². The van der Waals surface area contributed by atoms with Gasteiger partial charge in [0.15, 0.2) is 0 Å². The van der Waals surface area contributed by atoms with Crippen LogP contribution < -0.4 is 0 Å². The van der Waals surface area contributed by atoms with Crippen molar-refractivity contribution in [1.82, 2.24) is 4.90 Å². The lowest BCUT2D eigenvalue weighted by Crippen LogP contribution is -2.42. The van der Waals surface area contributed by atoms with Crippen molar-refractivity contribution < 1.29 is 14.3 Å². The van der Waals surface area contributed by atoms with Crippen molar-refractivity contribution in [3.8, 4) is 0 Å². The summed E-state index contributed by atoms with van der Waals surface area (Å²) in [6.07, 6.45) is 30.2. The quantitative estimate of drug-likeness (QED) is 0.135. The number of hydrogen-bond donors (Lipinski definition) is 0. The van der Waals surface area contributed by atoms with E-state index in [1.54, 1.807) is 11.8 Å². The van der Waals surface area contributed by atoms with Gasteiger partial charge in [0.25, 0.3) is 0 Å². The number of ether oxygens (including phenoxy) is 1. The van der Waals surface area contributed by atoms with Gasteiger partial charge < -0.3 is 4.74 Å². The van der Waals surface area contributed by atoms with Crippen LogP contribution in [0.5, 0.6) is 0 Å². The summed E-state index contributed by atoms with van der Waals surface area (Å²) in [5.74, 6) is 0.783. The number of imide groups is 1. The minimum absolute atomic E-state index is 0.128. The molecule has 1 heterocycles. The van der Waals surface area contributed by atoms with Crippen molar-refractivity contribution >= 4 is 23.8 Å². The maximum Gasteiger partial charge on any atom is 0.417 e. The minimum Gasteiger partial charge on any atom is -0.439 e. The number of amides is 2. The highest BCUT2D eigenvalue weighted by molar-refractivity contribution is 8.00. The number of thioether (sulfide) groups is 1. The largest absolute Gasteiger partial charge is 0.439 e. The zero-order valence-electron chi connectivity index (χ0n) is 24.0. The molecule has 1 fully saturated rings. The summed E-state index contributed by atoms with van der Waals surface area (Å²) >= 11 is 1.66. The van der Waals surface area contributed by atoms with Gasteiger partial charge in [-0.2, -0.15) is 0 Å². The van der Waals surface area contributed by atoms with Crippen LogP contribution in [0.25, 0.3) is 0 Å². The standard InChI is InChI=1S/C34H47NO3S/c1-4-6-7-8-9-10-11-12-13-14-15-16-17-18-19-20-21-25-28-39-31(5-2)33(36)35-29(3)32(38-34(35)37)30-26-23-22-24-27-30/h6-7,9-10,12-13,15-16,18-19,22-24,26-27,29,31-32H,4-5,8,11,14,17,20-21,25,28H2,1-3H3/b7-6-,10-9-,13-12-,16-15-,19-18-/t29-,31+,32-/m1/s1. The average Bonchev–Trinajstić information content (AvgIpc) is 3.25. The smallest absolute Gasteiger partial charge is 0.417 e. The number of allylic oxidation sites excluding steroid dienone is 10. The maximum absolute atomic E-state index is 13.2. The molecule has 0 spiro atoms. The Bertz CT molecular complexity index is 979. The van der Waals surface area contributed by atoms with Crippen molar-refractivity contribution in [3.05, 3.63) is 96.7 Å². The van der Waals surface area contributed by atoms with Gasteiger partial charge in [-0.05, 0) is 76.0 Å². The molecule has 4 nitrogen and oxygen atoms in total. The summed E-state index contributed by atoms with van der Waals surface area (Å²) in [7, 11) is 0. The average molecular weight is 550 g/mol. The second-order valence-electron chi connectivity index (χ2n) is 9.64. The Labute approximate surface area is 241 Å². The first kappa shape index (κ1) is 32.4. The van der Waals surface area contributed by atoms with E-state index >= 15 is 0 Å². The lowest BCUT2D eigenvalue weighted by molar-refractivity contribution is -0.128. The van der Waals surface area contributed by atoms with E-state index in [1.165, 1.54) is 4.90 Å². The van der Waals surface area contributed by atoms with Crippen LogP contribution in [0, 0.1) is 0 Å². The normalized spacial score (nSPS) is 18.9. The van der Waals surface area contributed by atoms with E-state index in [1.807, 2.05) is 44.2 Å². The second kappa shape index (κ2) is 20.2. The molecule has 2 amide bonds. The molecule has 5 heteroatoms. The molecule has 1 aromatic carbocycles. The van der Waals surface area contributed by atoms with Crippen molar-refractivity contribution in [3.63, 3.8) is 0 Å². The Morgan fingerprint density at radius 1 is 0.872 bits per heavy atom. The molecule has 0 saturated carbocycles. The first-order chi connectivity index (χ1) is 19.1. The Morgan fingerprint density at radius 2 is 1.44 bits per heavy atom. The Morgan fingerprint density at radius 3 is 2.00 bits per heavy atom. The van der Waals surface area contributed by atoms with Crippen LogP contribution in [0.4, 0.5) is 4.79 Å². The maximum atomic E-state index is 13.2. The number of benzene rings is 1. The molecule has 0 radical (unpaired) electrons. The number of rotatable bonds is 18. The fourth-order valence-electron chi connectivity index (χ4n) is 4.32. The zero-order chi connectivity index (χ0) is 28.1. The highest BCUT2D eigenvalue weighted by Crippen LogP contribution is 2.34. The van der Waals surface area contributed by atoms with Crippen molar-refractivity contribution in [2.45, 2.75) is 96.0 Å². The Balaban J connectivity index is 1.57. The number of carbonyl (C=O) groups is 2. The van der Waals surface area contributed by atoms with Gasteiger partial charge in [0.05, 0.1) is 11.3 Å². The van der Waals surface area contributed by atoms with Gasteiger partial charge in [-0.3, -0.25) is 4.79 Å².